The Kier molecular flexibility index (Phi) is 3.60. The van der Waals surface area contributed by atoms with Gasteiger partial charge in [-0.25, -0.2) is 4.79 Å². The van der Waals surface area contributed by atoms with Crippen molar-refractivity contribution in [2.24, 2.45) is 5.92 Å². The predicted molar refractivity (Wildman–Crippen MR) is 52.8 cm³/mol. The summed E-state index contributed by atoms with van der Waals surface area (Å²) < 4.78 is 4.62. The van der Waals surface area contributed by atoms with Crippen LogP contribution in [0.4, 0.5) is 0 Å². The van der Waals surface area contributed by atoms with Gasteiger partial charge in [0.1, 0.15) is 6.04 Å². The average Bonchev–Trinajstić information content (AvgIpc) is 2.59. The lowest BCUT2D eigenvalue weighted by Crippen LogP contribution is -2.44. The molecule has 16 heavy (non-hydrogen) atoms. The maximum atomic E-state index is 11.5. The zero-order valence-electron chi connectivity index (χ0n) is 9.22. The van der Waals surface area contributed by atoms with Crippen molar-refractivity contribution in [3.05, 3.63) is 11.7 Å². The lowest BCUT2D eigenvalue weighted by atomic mass is 10.1. The Balaban J connectivity index is 2.73. The molecule has 7 nitrogen and oxygen atoms in total. The van der Waals surface area contributed by atoms with E-state index in [-0.39, 0.29) is 17.6 Å². The number of aliphatic carboxylic acids is 1. The summed E-state index contributed by atoms with van der Waals surface area (Å²) in [5, 5.41) is 14.6. The molecule has 1 heterocycles. The molecule has 0 unspecified atom stereocenters. The lowest BCUT2D eigenvalue weighted by Gasteiger charge is -2.16. The fraction of sp³-hybridized carbons (Fsp3) is 0.556. The van der Waals surface area contributed by atoms with Crippen LogP contribution in [0.25, 0.3) is 0 Å². The van der Waals surface area contributed by atoms with Crippen LogP contribution in [-0.2, 0) is 4.79 Å². The van der Waals surface area contributed by atoms with Gasteiger partial charge in [-0.1, -0.05) is 19.0 Å². The summed E-state index contributed by atoms with van der Waals surface area (Å²) in [6.45, 7) is 4.93. The van der Waals surface area contributed by atoms with Gasteiger partial charge in [-0.15, -0.1) is 0 Å². The van der Waals surface area contributed by atoms with Crippen molar-refractivity contribution < 1.29 is 19.2 Å². The van der Waals surface area contributed by atoms with Crippen LogP contribution in [0.5, 0.6) is 0 Å². The molecule has 2 N–H and O–H groups in total. The molecule has 0 aliphatic carbocycles. The molecule has 0 aliphatic rings. The highest BCUT2D eigenvalue weighted by atomic mass is 16.5. The molecular formula is C9H13N3O4. The van der Waals surface area contributed by atoms with Crippen LogP contribution in [0.15, 0.2) is 4.52 Å². The third kappa shape index (κ3) is 2.78. The molecule has 7 heteroatoms. The largest absolute Gasteiger partial charge is 0.480 e. The number of carbonyl (C=O) groups excluding carboxylic acids is 1. The van der Waals surface area contributed by atoms with E-state index in [0.717, 1.165) is 0 Å². The molecule has 1 aromatic heterocycles. The highest BCUT2D eigenvalue weighted by Gasteiger charge is 2.25. The Morgan fingerprint density at radius 3 is 2.44 bits per heavy atom. The van der Waals surface area contributed by atoms with Gasteiger partial charge in [0.25, 0.3) is 11.7 Å². The van der Waals surface area contributed by atoms with Crippen LogP contribution in [0.2, 0.25) is 0 Å². The zero-order chi connectivity index (χ0) is 12.3. The summed E-state index contributed by atoms with van der Waals surface area (Å²) in [5.74, 6) is -1.89. The van der Waals surface area contributed by atoms with Crippen LogP contribution in [-0.4, -0.2) is 33.2 Å². The van der Waals surface area contributed by atoms with Crippen molar-refractivity contribution in [1.29, 1.82) is 0 Å². The Morgan fingerprint density at radius 1 is 1.44 bits per heavy atom. The maximum Gasteiger partial charge on any atom is 0.326 e. The van der Waals surface area contributed by atoms with Gasteiger partial charge in [-0.05, 0) is 5.92 Å². The average molecular weight is 227 g/mol. The van der Waals surface area contributed by atoms with E-state index < -0.39 is 17.9 Å². The number of nitrogens with zero attached hydrogens (tertiary/aromatic N) is 2. The van der Waals surface area contributed by atoms with Crippen LogP contribution in [0, 0.1) is 12.8 Å². The molecule has 1 rings (SSSR count). The van der Waals surface area contributed by atoms with Crippen molar-refractivity contribution in [1.82, 2.24) is 15.5 Å². The summed E-state index contributed by atoms with van der Waals surface area (Å²) in [7, 11) is 0. The van der Waals surface area contributed by atoms with Crippen molar-refractivity contribution in [2.45, 2.75) is 26.8 Å². The van der Waals surface area contributed by atoms with E-state index in [4.69, 9.17) is 5.11 Å². The molecule has 88 valence electrons. The third-order valence-corrected chi connectivity index (χ3v) is 1.95. The molecule has 1 aromatic rings. The SMILES string of the molecule is Cc1nc(C(=O)N[C@@H](C(=O)O)C(C)C)no1. The minimum absolute atomic E-state index is 0.163. The Labute approximate surface area is 91.8 Å². The number of aryl methyl sites for hydroxylation is 1. The van der Waals surface area contributed by atoms with E-state index in [1.165, 1.54) is 0 Å². The lowest BCUT2D eigenvalue weighted by molar-refractivity contribution is -0.140. The Bertz CT molecular complexity index is 399. The Morgan fingerprint density at radius 2 is 2.06 bits per heavy atom. The highest BCUT2D eigenvalue weighted by molar-refractivity contribution is 5.93. The van der Waals surface area contributed by atoms with Gasteiger partial charge in [0.2, 0.25) is 5.89 Å². The normalized spacial score (nSPS) is 12.5. The number of carbonyl (C=O) groups is 2. The van der Waals surface area contributed by atoms with Gasteiger partial charge in [-0.2, -0.15) is 4.98 Å². The van der Waals surface area contributed by atoms with Crippen molar-refractivity contribution in [2.75, 3.05) is 0 Å². The quantitative estimate of drug-likeness (QED) is 0.762. The summed E-state index contributed by atoms with van der Waals surface area (Å²) in [6, 6.07) is -0.966. The number of carboxylic acids is 1. The number of hydrogen-bond acceptors (Lipinski definition) is 5. The first-order valence-electron chi connectivity index (χ1n) is 4.75. The standard InChI is InChI=1S/C9H13N3O4/c1-4(2)6(9(14)15)11-8(13)7-10-5(3)16-12-7/h4,6H,1-3H3,(H,11,13)(H,14,15)/t6-/m1/s1. The summed E-state index contributed by atoms with van der Waals surface area (Å²) >= 11 is 0. The molecule has 0 fully saturated rings. The van der Waals surface area contributed by atoms with E-state index in [1.54, 1.807) is 20.8 Å². The smallest absolute Gasteiger partial charge is 0.326 e. The van der Waals surface area contributed by atoms with Gasteiger partial charge in [0, 0.05) is 6.92 Å². The van der Waals surface area contributed by atoms with Gasteiger partial charge < -0.3 is 14.9 Å². The predicted octanol–water partition coefficient (Wildman–Crippen LogP) is 0.217. The molecule has 0 radical (unpaired) electrons. The maximum absolute atomic E-state index is 11.5. The second kappa shape index (κ2) is 4.73. The second-order valence-electron chi connectivity index (χ2n) is 3.67. The van der Waals surface area contributed by atoms with Crippen LogP contribution >= 0.6 is 0 Å². The number of nitrogens with one attached hydrogen (secondary N) is 1. The molecule has 0 saturated heterocycles. The van der Waals surface area contributed by atoms with Gasteiger partial charge in [0.05, 0.1) is 0 Å². The second-order valence-corrected chi connectivity index (χ2v) is 3.67. The first-order valence-corrected chi connectivity index (χ1v) is 4.75. The molecule has 0 spiro atoms. The molecule has 1 atom stereocenters. The first kappa shape index (κ1) is 12.2. The molecule has 0 saturated carbocycles. The van der Waals surface area contributed by atoms with Gasteiger partial charge in [0.15, 0.2) is 0 Å². The van der Waals surface area contributed by atoms with Gasteiger partial charge in [-0.3, -0.25) is 4.79 Å². The van der Waals surface area contributed by atoms with E-state index in [9.17, 15) is 9.59 Å². The number of rotatable bonds is 4. The van der Waals surface area contributed by atoms with E-state index in [1.807, 2.05) is 0 Å². The summed E-state index contributed by atoms with van der Waals surface area (Å²) in [5.41, 5.74) is 0. The molecular weight excluding hydrogens is 214 g/mol. The summed E-state index contributed by atoms with van der Waals surface area (Å²) in [4.78, 5) is 26.1. The van der Waals surface area contributed by atoms with E-state index in [0.29, 0.717) is 0 Å². The molecule has 1 amide bonds. The van der Waals surface area contributed by atoms with Crippen LogP contribution in [0.3, 0.4) is 0 Å². The topological polar surface area (TPSA) is 105 Å². The first-order chi connectivity index (χ1) is 7.41. The fourth-order valence-electron chi connectivity index (χ4n) is 1.11. The minimum atomic E-state index is -1.09. The van der Waals surface area contributed by atoms with Crippen LogP contribution < -0.4 is 5.32 Å². The monoisotopic (exact) mass is 227 g/mol. The molecule has 0 bridgehead atoms. The molecule has 0 aromatic carbocycles. The number of hydrogen-bond donors (Lipinski definition) is 2. The zero-order valence-corrected chi connectivity index (χ0v) is 9.22. The molecule has 0 aliphatic heterocycles. The van der Waals surface area contributed by atoms with Crippen LogP contribution in [0.1, 0.15) is 30.4 Å². The fourth-order valence-corrected chi connectivity index (χ4v) is 1.11. The number of carboxylic acid groups (broad SMARTS) is 1. The third-order valence-electron chi connectivity index (χ3n) is 1.95. The van der Waals surface area contributed by atoms with Crippen molar-refractivity contribution in [3.63, 3.8) is 0 Å². The van der Waals surface area contributed by atoms with Crippen molar-refractivity contribution in [3.8, 4) is 0 Å². The number of aromatic nitrogens is 2. The summed E-state index contributed by atoms with van der Waals surface area (Å²) in [6.07, 6.45) is 0. The van der Waals surface area contributed by atoms with Gasteiger partial charge >= 0.3 is 5.97 Å². The van der Waals surface area contributed by atoms with E-state index >= 15 is 0 Å². The highest BCUT2D eigenvalue weighted by Crippen LogP contribution is 2.03. The Hall–Kier alpha value is -1.92. The van der Waals surface area contributed by atoms with Crippen molar-refractivity contribution >= 4 is 11.9 Å². The number of amides is 1. The van der Waals surface area contributed by atoms with E-state index in [2.05, 4.69) is 20.0 Å². The minimum Gasteiger partial charge on any atom is -0.480 e.